The second-order valence-electron chi connectivity index (χ2n) is 4.64. The van der Waals surface area contributed by atoms with Gasteiger partial charge in [-0.15, -0.1) is 0 Å². The molecule has 2 rings (SSSR count). The normalized spacial score (nSPS) is 34.9. The van der Waals surface area contributed by atoms with E-state index in [2.05, 4.69) is 10.2 Å². The van der Waals surface area contributed by atoms with Crippen molar-refractivity contribution >= 4 is 0 Å². The molecule has 2 unspecified atom stereocenters. The molecule has 82 valence electrons. The van der Waals surface area contributed by atoms with Crippen molar-refractivity contribution in [2.24, 2.45) is 11.7 Å². The third-order valence-electron chi connectivity index (χ3n) is 3.71. The van der Waals surface area contributed by atoms with E-state index in [0.717, 1.165) is 25.0 Å². The lowest BCUT2D eigenvalue weighted by atomic mass is 9.87. The Kier molecular flexibility index (Phi) is 3.79. The predicted octanol–water partition coefficient (Wildman–Crippen LogP) is 0.409. The Morgan fingerprint density at radius 3 is 3.07 bits per heavy atom. The first-order chi connectivity index (χ1) is 6.92. The van der Waals surface area contributed by atoms with Gasteiger partial charge in [0.2, 0.25) is 0 Å². The van der Waals surface area contributed by atoms with Crippen LogP contribution in [-0.2, 0) is 0 Å². The number of piperidine rings is 1. The summed E-state index contributed by atoms with van der Waals surface area (Å²) < 4.78 is 0. The third kappa shape index (κ3) is 2.27. The lowest BCUT2D eigenvalue weighted by Crippen LogP contribution is -2.48. The number of hydrogen-bond donors (Lipinski definition) is 2. The first kappa shape index (κ1) is 10.4. The monoisotopic (exact) mass is 197 g/mol. The summed E-state index contributed by atoms with van der Waals surface area (Å²) in [4.78, 5) is 2.63. The Labute approximate surface area is 87.0 Å². The minimum Gasteiger partial charge on any atom is -0.329 e. The maximum Gasteiger partial charge on any atom is 0.0137 e. The summed E-state index contributed by atoms with van der Waals surface area (Å²) in [6.45, 7) is 5.63. The fourth-order valence-electron chi connectivity index (χ4n) is 3.04. The van der Waals surface area contributed by atoms with Crippen molar-refractivity contribution in [2.75, 3.05) is 32.7 Å². The van der Waals surface area contributed by atoms with E-state index in [-0.39, 0.29) is 0 Å². The van der Waals surface area contributed by atoms with E-state index in [9.17, 15) is 0 Å². The summed E-state index contributed by atoms with van der Waals surface area (Å²) in [6, 6.07) is 0.822. The van der Waals surface area contributed by atoms with Gasteiger partial charge >= 0.3 is 0 Å². The predicted molar refractivity (Wildman–Crippen MR) is 59.2 cm³/mol. The van der Waals surface area contributed by atoms with Gasteiger partial charge in [-0.2, -0.15) is 0 Å². The molecule has 0 saturated carbocycles. The van der Waals surface area contributed by atoms with Crippen molar-refractivity contribution in [1.29, 1.82) is 0 Å². The highest BCUT2D eigenvalue weighted by Gasteiger charge is 2.31. The molecule has 2 aliphatic rings. The van der Waals surface area contributed by atoms with Gasteiger partial charge in [0.25, 0.3) is 0 Å². The fourth-order valence-corrected chi connectivity index (χ4v) is 3.04. The average molecular weight is 197 g/mol. The lowest BCUT2D eigenvalue weighted by molar-refractivity contribution is 0.0955. The molecule has 3 heteroatoms. The van der Waals surface area contributed by atoms with E-state index >= 15 is 0 Å². The van der Waals surface area contributed by atoms with Gasteiger partial charge in [0.15, 0.2) is 0 Å². The van der Waals surface area contributed by atoms with Crippen molar-refractivity contribution in [3.05, 3.63) is 0 Å². The molecule has 0 radical (unpaired) electrons. The molecule has 0 amide bonds. The van der Waals surface area contributed by atoms with Crippen LogP contribution in [0.3, 0.4) is 0 Å². The van der Waals surface area contributed by atoms with Gasteiger partial charge in [0.1, 0.15) is 0 Å². The van der Waals surface area contributed by atoms with Gasteiger partial charge in [-0.05, 0) is 51.2 Å². The van der Waals surface area contributed by atoms with Crippen LogP contribution in [0.15, 0.2) is 0 Å². The van der Waals surface area contributed by atoms with Crippen LogP contribution >= 0.6 is 0 Å². The van der Waals surface area contributed by atoms with Gasteiger partial charge in [-0.1, -0.05) is 0 Å². The molecule has 2 saturated heterocycles. The molecule has 2 atom stereocenters. The van der Waals surface area contributed by atoms with E-state index in [4.69, 9.17) is 5.73 Å². The standard InChI is InChI=1S/C11H23N3/c12-5-8-14-7-2-3-10-9-13-6-1-4-11(10)14/h10-11,13H,1-9,12H2. The largest absolute Gasteiger partial charge is 0.329 e. The highest BCUT2D eigenvalue weighted by Crippen LogP contribution is 2.27. The highest BCUT2D eigenvalue weighted by molar-refractivity contribution is 4.87. The Morgan fingerprint density at radius 1 is 1.29 bits per heavy atom. The zero-order chi connectivity index (χ0) is 9.80. The van der Waals surface area contributed by atoms with Crippen LogP contribution in [0.4, 0.5) is 0 Å². The van der Waals surface area contributed by atoms with Gasteiger partial charge in [-0.3, -0.25) is 4.90 Å². The lowest BCUT2D eigenvalue weighted by Gasteiger charge is -2.40. The molecule has 2 aliphatic heterocycles. The van der Waals surface area contributed by atoms with E-state index in [0.29, 0.717) is 0 Å². The second-order valence-corrected chi connectivity index (χ2v) is 4.64. The van der Waals surface area contributed by atoms with Crippen LogP contribution < -0.4 is 11.1 Å². The molecule has 0 spiro atoms. The molecule has 0 bridgehead atoms. The van der Waals surface area contributed by atoms with Gasteiger partial charge < -0.3 is 11.1 Å². The molecular formula is C11H23N3. The van der Waals surface area contributed by atoms with E-state index in [1.54, 1.807) is 0 Å². The quantitative estimate of drug-likeness (QED) is 0.674. The Hall–Kier alpha value is -0.120. The first-order valence-electron chi connectivity index (χ1n) is 6.06. The molecule has 2 heterocycles. The molecule has 3 nitrogen and oxygen atoms in total. The maximum absolute atomic E-state index is 5.66. The summed E-state index contributed by atoms with van der Waals surface area (Å²) >= 11 is 0. The molecule has 0 aliphatic carbocycles. The van der Waals surface area contributed by atoms with Crippen LogP contribution in [0.1, 0.15) is 25.7 Å². The van der Waals surface area contributed by atoms with Crippen LogP contribution in [0.5, 0.6) is 0 Å². The maximum atomic E-state index is 5.66. The van der Waals surface area contributed by atoms with Crippen molar-refractivity contribution < 1.29 is 0 Å². The van der Waals surface area contributed by atoms with Crippen molar-refractivity contribution in [2.45, 2.75) is 31.7 Å². The van der Waals surface area contributed by atoms with Crippen molar-refractivity contribution in [1.82, 2.24) is 10.2 Å². The number of hydrogen-bond acceptors (Lipinski definition) is 3. The van der Waals surface area contributed by atoms with Crippen molar-refractivity contribution in [3.63, 3.8) is 0 Å². The number of nitrogens with one attached hydrogen (secondary N) is 1. The van der Waals surface area contributed by atoms with E-state index < -0.39 is 0 Å². The minimum absolute atomic E-state index is 0.816. The van der Waals surface area contributed by atoms with E-state index in [1.165, 1.54) is 45.3 Å². The molecule has 0 aromatic heterocycles. The van der Waals surface area contributed by atoms with Crippen molar-refractivity contribution in [3.8, 4) is 0 Å². The van der Waals surface area contributed by atoms with Crippen LogP contribution in [0.2, 0.25) is 0 Å². The summed E-state index contributed by atoms with van der Waals surface area (Å²) in [5.74, 6) is 0.887. The Morgan fingerprint density at radius 2 is 2.21 bits per heavy atom. The van der Waals surface area contributed by atoms with Gasteiger partial charge in [0.05, 0.1) is 0 Å². The summed E-state index contributed by atoms with van der Waals surface area (Å²) in [5, 5.41) is 3.55. The van der Waals surface area contributed by atoms with Gasteiger partial charge in [-0.25, -0.2) is 0 Å². The number of fused-ring (bicyclic) bond motifs is 1. The van der Waals surface area contributed by atoms with Crippen LogP contribution in [0.25, 0.3) is 0 Å². The summed E-state index contributed by atoms with van der Waals surface area (Å²) in [7, 11) is 0. The zero-order valence-corrected chi connectivity index (χ0v) is 9.04. The van der Waals surface area contributed by atoms with Gasteiger partial charge in [0, 0.05) is 19.1 Å². The summed E-state index contributed by atoms with van der Waals surface area (Å²) in [6.07, 6.45) is 5.49. The molecule has 3 N–H and O–H groups in total. The number of nitrogens with two attached hydrogens (primary N) is 1. The minimum atomic E-state index is 0.816. The first-order valence-corrected chi connectivity index (χ1v) is 6.06. The average Bonchev–Trinajstić information content (AvgIpc) is 2.44. The molecule has 0 aromatic rings. The SMILES string of the molecule is NCCN1CCCC2CNCCCC21. The topological polar surface area (TPSA) is 41.3 Å². The molecule has 14 heavy (non-hydrogen) atoms. The molecule has 2 fully saturated rings. The fraction of sp³-hybridized carbons (Fsp3) is 1.00. The number of likely N-dealkylation sites (tertiary alicyclic amines) is 1. The third-order valence-corrected chi connectivity index (χ3v) is 3.71. The van der Waals surface area contributed by atoms with Crippen LogP contribution in [0, 0.1) is 5.92 Å². The number of nitrogens with zero attached hydrogens (tertiary/aromatic N) is 1. The second kappa shape index (κ2) is 5.10. The Balaban J connectivity index is 1.97. The molecular weight excluding hydrogens is 174 g/mol. The zero-order valence-electron chi connectivity index (χ0n) is 9.04. The number of rotatable bonds is 2. The Bertz CT molecular complexity index is 170. The highest BCUT2D eigenvalue weighted by atomic mass is 15.2. The summed E-state index contributed by atoms with van der Waals surface area (Å²) in [5.41, 5.74) is 5.66. The van der Waals surface area contributed by atoms with Crippen LogP contribution in [-0.4, -0.2) is 43.7 Å². The molecule has 0 aromatic carbocycles. The smallest absolute Gasteiger partial charge is 0.0137 e. The van der Waals surface area contributed by atoms with E-state index in [1.807, 2.05) is 0 Å².